The Kier molecular flexibility index (Phi) is 8.52. The van der Waals surface area contributed by atoms with E-state index in [0.717, 1.165) is 12.8 Å². The van der Waals surface area contributed by atoms with Gasteiger partial charge in [0.25, 0.3) is 0 Å². The number of ketones is 1. The monoisotopic (exact) mass is 298 g/mol. The van der Waals surface area contributed by atoms with Crippen LogP contribution in [-0.2, 0) is 11.2 Å². The summed E-state index contributed by atoms with van der Waals surface area (Å²) in [4.78, 5) is 11.8. The maximum atomic E-state index is 13.1. The Morgan fingerprint density at radius 2 is 1.75 bits per heavy atom. The lowest BCUT2D eigenvalue weighted by molar-refractivity contribution is -0.118. The van der Waals surface area contributed by atoms with Crippen LogP contribution >= 0.6 is 11.6 Å². The van der Waals surface area contributed by atoms with Crippen molar-refractivity contribution in [1.29, 1.82) is 0 Å². The van der Waals surface area contributed by atoms with Gasteiger partial charge in [0.15, 0.2) is 0 Å². The van der Waals surface area contributed by atoms with E-state index >= 15 is 0 Å². The normalized spacial score (nSPS) is 10.8. The smallest absolute Gasteiger partial charge is 0.137 e. The van der Waals surface area contributed by atoms with Crippen LogP contribution in [0.25, 0.3) is 0 Å². The fourth-order valence-electron chi connectivity index (χ4n) is 2.26. The van der Waals surface area contributed by atoms with Crippen molar-refractivity contribution in [2.45, 2.75) is 64.7 Å². The molecule has 0 heterocycles. The fraction of sp³-hybridized carbons (Fsp3) is 0.588. The van der Waals surface area contributed by atoms with Crippen molar-refractivity contribution >= 4 is 17.4 Å². The first kappa shape index (κ1) is 17.2. The van der Waals surface area contributed by atoms with Crippen LogP contribution in [0.3, 0.4) is 0 Å². The summed E-state index contributed by atoms with van der Waals surface area (Å²) in [5.74, 6) is -0.195. The number of carbonyl (C=O) groups excluding carboxylic acids is 1. The van der Waals surface area contributed by atoms with Gasteiger partial charge in [-0.05, 0) is 30.2 Å². The first-order valence-electron chi connectivity index (χ1n) is 7.59. The fourth-order valence-corrected chi connectivity index (χ4v) is 2.44. The van der Waals surface area contributed by atoms with Gasteiger partial charge in [-0.3, -0.25) is 4.79 Å². The highest BCUT2D eigenvalue weighted by atomic mass is 35.5. The second-order valence-corrected chi connectivity index (χ2v) is 5.73. The Labute approximate surface area is 126 Å². The largest absolute Gasteiger partial charge is 0.299 e. The van der Waals surface area contributed by atoms with E-state index in [9.17, 15) is 9.18 Å². The molecular weight excluding hydrogens is 275 g/mol. The number of carbonyl (C=O) groups is 1. The first-order valence-corrected chi connectivity index (χ1v) is 7.97. The van der Waals surface area contributed by atoms with Crippen molar-refractivity contribution in [2.75, 3.05) is 0 Å². The lowest BCUT2D eigenvalue weighted by Gasteiger charge is -2.04. The number of Topliss-reactive ketones (excluding diaryl/α,β-unsaturated/α-hetero) is 1. The summed E-state index contributed by atoms with van der Waals surface area (Å²) in [6.07, 6.45) is 9.16. The van der Waals surface area contributed by atoms with Crippen LogP contribution in [0.1, 0.15) is 63.9 Å². The summed E-state index contributed by atoms with van der Waals surface area (Å²) >= 11 is 5.95. The van der Waals surface area contributed by atoms with Crippen molar-refractivity contribution in [2.24, 2.45) is 0 Å². The second kappa shape index (κ2) is 9.93. The standard InChI is InChI=1S/C17H24ClFO/c1-2-3-4-5-6-7-8-9-16(20)13-14-12-15(19)10-11-17(14)18/h10-12H,2-9,13H2,1H3. The van der Waals surface area contributed by atoms with E-state index in [1.807, 2.05) is 0 Å². The molecule has 0 radical (unpaired) electrons. The number of hydrogen-bond acceptors (Lipinski definition) is 1. The summed E-state index contributed by atoms with van der Waals surface area (Å²) < 4.78 is 13.1. The van der Waals surface area contributed by atoms with Gasteiger partial charge in [-0.15, -0.1) is 0 Å². The Morgan fingerprint density at radius 3 is 2.45 bits per heavy atom. The van der Waals surface area contributed by atoms with Gasteiger partial charge in [0.2, 0.25) is 0 Å². The topological polar surface area (TPSA) is 17.1 Å². The molecule has 112 valence electrons. The maximum Gasteiger partial charge on any atom is 0.137 e. The molecule has 0 unspecified atom stereocenters. The number of unbranched alkanes of at least 4 members (excludes halogenated alkanes) is 6. The second-order valence-electron chi connectivity index (χ2n) is 5.32. The van der Waals surface area contributed by atoms with E-state index in [0.29, 0.717) is 17.0 Å². The van der Waals surface area contributed by atoms with Gasteiger partial charge in [-0.25, -0.2) is 4.39 Å². The van der Waals surface area contributed by atoms with Crippen LogP contribution in [0.2, 0.25) is 5.02 Å². The van der Waals surface area contributed by atoms with Crippen LogP contribution in [0.5, 0.6) is 0 Å². The lowest BCUT2D eigenvalue weighted by atomic mass is 10.0. The summed E-state index contributed by atoms with van der Waals surface area (Å²) in [5, 5.41) is 0.472. The Bertz CT molecular complexity index is 417. The Morgan fingerprint density at radius 1 is 1.10 bits per heavy atom. The summed E-state index contributed by atoms with van der Waals surface area (Å²) in [5.41, 5.74) is 0.597. The quantitative estimate of drug-likeness (QED) is 0.504. The molecule has 0 aromatic heterocycles. The molecule has 0 N–H and O–H groups in total. The van der Waals surface area contributed by atoms with E-state index in [2.05, 4.69) is 6.92 Å². The molecule has 0 saturated heterocycles. The van der Waals surface area contributed by atoms with Crippen LogP contribution in [-0.4, -0.2) is 5.78 Å². The minimum absolute atomic E-state index is 0.144. The molecule has 1 nitrogen and oxygen atoms in total. The molecule has 1 aromatic carbocycles. The summed E-state index contributed by atoms with van der Waals surface area (Å²) in [6, 6.07) is 4.17. The molecule has 0 atom stereocenters. The molecule has 0 spiro atoms. The van der Waals surface area contributed by atoms with Crippen LogP contribution < -0.4 is 0 Å². The van der Waals surface area contributed by atoms with Crippen molar-refractivity contribution in [1.82, 2.24) is 0 Å². The molecule has 20 heavy (non-hydrogen) atoms. The SMILES string of the molecule is CCCCCCCCCC(=O)Cc1cc(F)ccc1Cl. The Balaban J connectivity index is 2.19. The zero-order chi connectivity index (χ0) is 14.8. The molecule has 0 bridgehead atoms. The van der Waals surface area contributed by atoms with E-state index in [-0.39, 0.29) is 18.0 Å². The van der Waals surface area contributed by atoms with Crippen molar-refractivity contribution in [3.63, 3.8) is 0 Å². The molecule has 0 fully saturated rings. The molecule has 1 rings (SSSR count). The maximum absolute atomic E-state index is 13.1. The van der Waals surface area contributed by atoms with Crippen molar-refractivity contribution in [3.05, 3.63) is 34.6 Å². The molecule has 1 aromatic rings. The van der Waals surface area contributed by atoms with Crippen molar-refractivity contribution < 1.29 is 9.18 Å². The third-order valence-electron chi connectivity index (χ3n) is 3.45. The molecule has 0 aliphatic rings. The zero-order valence-electron chi connectivity index (χ0n) is 12.3. The van der Waals surface area contributed by atoms with E-state index < -0.39 is 0 Å². The number of rotatable bonds is 10. The zero-order valence-corrected chi connectivity index (χ0v) is 13.0. The third kappa shape index (κ3) is 7.04. The number of halogens is 2. The van der Waals surface area contributed by atoms with Gasteiger partial charge in [0.05, 0.1) is 0 Å². The molecular formula is C17H24ClFO. The molecule has 0 aliphatic carbocycles. The minimum atomic E-state index is -0.340. The highest BCUT2D eigenvalue weighted by Gasteiger charge is 2.08. The predicted molar refractivity (Wildman–Crippen MR) is 82.7 cm³/mol. The third-order valence-corrected chi connectivity index (χ3v) is 3.82. The van der Waals surface area contributed by atoms with Gasteiger partial charge in [-0.2, -0.15) is 0 Å². The Hall–Kier alpha value is -0.890. The minimum Gasteiger partial charge on any atom is -0.299 e. The molecule has 0 aliphatic heterocycles. The highest BCUT2D eigenvalue weighted by molar-refractivity contribution is 6.31. The van der Waals surface area contributed by atoms with E-state index in [4.69, 9.17) is 11.6 Å². The predicted octanol–water partition coefficient (Wildman–Crippen LogP) is 5.73. The van der Waals surface area contributed by atoms with Crippen molar-refractivity contribution in [3.8, 4) is 0 Å². The van der Waals surface area contributed by atoms with Gasteiger partial charge in [0, 0.05) is 17.9 Å². The van der Waals surface area contributed by atoms with Gasteiger partial charge in [0.1, 0.15) is 11.6 Å². The first-order chi connectivity index (χ1) is 9.63. The van der Waals surface area contributed by atoms with Crippen LogP contribution in [0.4, 0.5) is 4.39 Å². The summed E-state index contributed by atoms with van der Waals surface area (Å²) in [7, 11) is 0. The average molecular weight is 299 g/mol. The summed E-state index contributed by atoms with van der Waals surface area (Å²) in [6.45, 7) is 2.20. The van der Waals surface area contributed by atoms with Crippen LogP contribution in [0.15, 0.2) is 18.2 Å². The highest BCUT2D eigenvalue weighted by Crippen LogP contribution is 2.19. The number of benzene rings is 1. The van der Waals surface area contributed by atoms with Crippen LogP contribution in [0, 0.1) is 5.82 Å². The molecule has 0 amide bonds. The van der Waals surface area contributed by atoms with Gasteiger partial charge in [-0.1, -0.05) is 57.0 Å². The van der Waals surface area contributed by atoms with E-state index in [1.165, 1.54) is 50.3 Å². The molecule has 0 saturated carbocycles. The van der Waals surface area contributed by atoms with E-state index in [1.54, 1.807) is 0 Å². The number of hydrogen-bond donors (Lipinski definition) is 0. The van der Waals surface area contributed by atoms with Gasteiger partial charge < -0.3 is 0 Å². The average Bonchev–Trinajstić information content (AvgIpc) is 2.42. The lowest BCUT2D eigenvalue weighted by Crippen LogP contribution is -2.03. The van der Waals surface area contributed by atoms with Gasteiger partial charge >= 0.3 is 0 Å². The molecule has 3 heteroatoms.